The highest BCUT2D eigenvalue weighted by Gasteiger charge is 2.13. The van der Waals surface area contributed by atoms with E-state index >= 15 is 0 Å². The van der Waals surface area contributed by atoms with Gasteiger partial charge in [-0.1, -0.05) is 25.0 Å². The molecule has 0 aliphatic heterocycles. The van der Waals surface area contributed by atoms with Crippen molar-refractivity contribution in [1.82, 2.24) is 5.32 Å². The summed E-state index contributed by atoms with van der Waals surface area (Å²) in [6.07, 6.45) is 6.88. The Balaban J connectivity index is 1.81. The van der Waals surface area contributed by atoms with Crippen LogP contribution in [-0.2, 0) is 6.42 Å². The van der Waals surface area contributed by atoms with Gasteiger partial charge in [-0.2, -0.15) is 0 Å². The Morgan fingerprint density at radius 1 is 1.26 bits per heavy atom. The second kappa shape index (κ2) is 6.95. The van der Waals surface area contributed by atoms with Gasteiger partial charge in [0.15, 0.2) is 0 Å². The van der Waals surface area contributed by atoms with Crippen LogP contribution in [0.25, 0.3) is 0 Å². The smallest absolute Gasteiger partial charge is 0.122 e. The summed E-state index contributed by atoms with van der Waals surface area (Å²) in [7, 11) is 0. The van der Waals surface area contributed by atoms with E-state index < -0.39 is 0 Å². The molecule has 0 radical (unpaired) electrons. The molecule has 106 valence electrons. The molecule has 0 amide bonds. The third-order valence-electron chi connectivity index (χ3n) is 3.80. The number of hydrogen-bond donors (Lipinski definition) is 1. The van der Waals surface area contributed by atoms with Crippen molar-refractivity contribution in [3.05, 3.63) is 29.3 Å². The van der Waals surface area contributed by atoms with E-state index in [4.69, 9.17) is 4.74 Å². The number of benzene rings is 1. The van der Waals surface area contributed by atoms with E-state index in [9.17, 15) is 0 Å². The van der Waals surface area contributed by atoms with Crippen LogP contribution < -0.4 is 10.1 Å². The van der Waals surface area contributed by atoms with Crippen molar-refractivity contribution in [2.45, 2.75) is 65.0 Å². The van der Waals surface area contributed by atoms with Crippen molar-refractivity contribution in [2.24, 2.45) is 0 Å². The molecule has 0 atom stereocenters. The molecule has 1 aliphatic carbocycles. The first-order valence-electron chi connectivity index (χ1n) is 7.64. The first-order valence-corrected chi connectivity index (χ1v) is 7.64. The van der Waals surface area contributed by atoms with Gasteiger partial charge in [-0.05, 0) is 63.8 Å². The molecular formula is C17H27NO. The highest BCUT2D eigenvalue weighted by atomic mass is 16.5. The second-order valence-electron chi connectivity index (χ2n) is 5.95. The highest BCUT2D eigenvalue weighted by Crippen LogP contribution is 2.21. The molecule has 1 aromatic rings. The van der Waals surface area contributed by atoms with Crippen molar-refractivity contribution in [1.29, 1.82) is 0 Å². The van der Waals surface area contributed by atoms with E-state index in [1.807, 2.05) is 0 Å². The fourth-order valence-electron chi connectivity index (χ4n) is 2.80. The molecule has 2 nitrogen and oxygen atoms in total. The summed E-state index contributed by atoms with van der Waals surface area (Å²) in [5.74, 6) is 1.02. The molecule has 0 bridgehead atoms. The van der Waals surface area contributed by atoms with Crippen molar-refractivity contribution in [3.63, 3.8) is 0 Å². The van der Waals surface area contributed by atoms with Gasteiger partial charge in [0.1, 0.15) is 5.75 Å². The van der Waals surface area contributed by atoms with Crippen LogP contribution in [0.3, 0.4) is 0 Å². The number of hydrogen-bond acceptors (Lipinski definition) is 2. The normalized spacial score (nSPS) is 16.2. The first-order chi connectivity index (χ1) is 9.15. The lowest BCUT2D eigenvalue weighted by Gasteiger charge is -2.14. The van der Waals surface area contributed by atoms with Gasteiger partial charge in [-0.25, -0.2) is 0 Å². The van der Waals surface area contributed by atoms with Crippen LogP contribution in [0.2, 0.25) is 0 Å². The molecule has 19 heavy (non-hydrogen) atoms. The minimum absolute atomic E-state index is 0.244. The minimum Gasteiger partial charge on any atom is -0.491 e. The van der Waals surface area contributed by atoms with Crippen LogP contribution in [0.1, 0.15) is 50.7 Å². The topological polar surface area (TPSA) is 21.3 Å². The van der Waals surface area contributed by atoms with Crippen LogP contribution >= 0.6 is 0 Å². The standard InChI is InChI=1S/C17H27NO/c1-13(2)19-17-9-8-15(12-14(17)3)10-11-18-16-6-4-5-7-16/h8-9,12-13,16,18H,4-7,10-11H2,1-3H3. The molecular weight excluding hydrogens is 234 g/mol. The average Bonchev–Trinajstić information content (AvgIpc) is 2.85. The van der Waals surface area contributed by atoms with Gasteiger partial charge in [0, 0.05) is 6.04 Å². The molecule has 1 N–H and O–H groups in total. The van der Waals surface area contributed by atoms with E-state index in [0.717, 1.165) is 24.8 Å². The molecule has 1 fully saturated rings. The maximum Gasteiger partial charge on any atom is 0.122 e. The molecule has 0 spiro atoms. The molecule has 1 aliphatic rings. The number of nitrogens with one attached hydrogen (secondary N) is 1. The molecule has 0 aromatic heterocycles. The van der Waals surface area contributed by atoms with E-state index in [0.29, 0.717) is 0 Å². The van der Waals surface area contributed by atoms with Gasteiger partial charge in [-0.15, -0.1) is 0 Å². The average molecular weight is 261 g/mol. The minimum atomic E-state index is 0.244. The Hall–Kier alpha value is -1.02. The van der Waals surface area contributed by atoms with Crippen LogP contribution in [-0.4, -0.2) is 18.7 Å². The van der Waals surface area contributed by atoms with Crippen LogP contribution in [0.15, 0.2) is 18.2 Å². The van der Waals surface area contributed by atoms with Gasteiger partial charge >= 0.3 is 0 Å². The van der Waals surface area contributed by atoms with E-state index in [-0.39, 0.29) is 6.10 Å². The number of rotatable bonds is 6. The third-order valence-corrected chi connectivity index (χ3v) is 3.80. The summed E-state index contributed by atoms with van der Waals surface area (Å²) in [6.45, 7) is 7.36. The predicted molar refractivity (Wildman–Crippen MR) is 80.9 cm³/mol. The molecule has 0 saturated heterocycles. The summed E-state index contributed by atoms with van der Waals surface area (Å²) >= 11 is 0. The highest BCUT2D eigenvalue weighted by molar-refractivity contribution is 5.36. The molecule has 0 heterocycles. The molecule has 1 saturated carbocycles. The zero-order valence-corrected chi connectivity index (χ0v) is 12.5. The maximum absolute atomic E-state index is 5.77. The second-order valence-corrected chi connectivity index (χ2v) is 5.95. The molecule has 2 rings (SSSR count). The van der Waals surface area contributed by atoms with Gasteiger partial charge in [0.2, 0.25) is 0 Å². The lowest BCUT2D eigenvalue weighted by molar-refractivity contribution is 0.240. The van der Waals surface area contributed by atoms with Crippen molar-refractivity contribution < 1.29 is 4.74 Å². The summed E-state index contributed by atoms with van der Waals surface area (Å²) < 4.78 is 5.77. The van der Waals surface area contributed by atoms with E-state index in [1.54, 1.807) is 0 Å². The number of aryl methyl sites for hydroxylation is 1. The lowest BCUT2D eigenvalue weighted by atomic mass is 10.1. The first kappa shape index (κ1) is 14.4. The van der Waals surface area contributed by atoms with Gasteiger partial charge in [0.05, 0.1) is 6.10 Å². The quantitative estimate of drug-likeness (QED) is 0.839. The number of ether oxygens (including phenoxy) is 1. The lowest BCUT2D eigenvalue weighted by Crippen LogP contribution is -2.27. The predicted octanol–water partition coefficient (Wildman–Crippen LogP) is 3.86. The monoisotopic (exact) mass is 261 g/mol. The molecule has 0 unspecified atom stereocenters. The summed E-state index contributed by atoms with van der Waals surface area (Å²) in [5.41, 5.74) is 2.64. The van der Waals surface area contributed by atoms with Crippen LogP contribution in [0.5, 0.6) is 5.75 Å². The maximum atomic E-state index is 5.77. The molecule has 1 aromatic carbocycles. The zero-order chi connectivity index (χ0) is 13.7. The molecule has 2 heteroatoms. The fraction of sp³-hybridized carbons (Fsp3) is 0.647. The largest absolute Gasteiger partial charge is 0.491 e. The Morgan fingerprint density at radius 2 is 2.00 bits per heavy atom. The van der Waals surface area contributed by atoms with Gasteiger partial charge in [-0.3, -0.25) is 0 Å². The van der Waals surface area contributed by atoms with Crippen molar-refractivity contribution in [2.75, 3.05) is 6.54 Å². The Bertz CT molecular complexity index is 394. The van der Waals surface area contributed by atoms with E-state index in [2.05, 4.69) is 44.3 Å². The summed E-state index contributed by atoms with van der Waals surface area (Å²) in [6, 6.07) is 7.33. The summed E-state index contributed by atoms with van der Waals surface area (Å²) in [4.78, 5) is 0. The van der Waals surface area contributed by atoms with Crippen LogP contribution in [0, 0.1) is 6.92 Å². The van der Waals surface area contributed by atoms with Crippen LogP contribution in [0.4, 0.5) is 0 Å². The van der Waals surface area contributed by atoms with E-state index in [1.165, 1.54) is 36.8 Å². The Kier molecular flexibility index (Phi) is 5.26. The van der Waals surface area contributed by atoms with Crippen molar-refractivity contribution in [3.8, 4) is 5.75 Å². The van der Waals surface area contributed by atoms with Gasteiger partial charge < -0.3 is 10.1 Å². The zero-order valence-electron chi connectivity index (χ0n) is 12.5. The SMILES string of the molecule is Cc1cc(CCNC2CCCC2)ccc1OC(C)C. The van der Waals surface area contributed by atoms with Gasteiger partial charge in [0.25, 0.3) is 0 Å². The Labute approximate surface area is 117 Å². The van der Waals surface area contributed by atoms with Crippen molar-refractivity contribution >= 4 is 0 Å². The Morgan fingerprint density at radius 3 is 2.63 bits per heavy atom. The third kappa shape index (κ3) is 4.54. The fourth-order valence-corrected chi connectivity index (χ4v) is 2.80. The summed E-state index contributed by atoms with van der Waals surface area (Å²) in [5, 5.41) is 3.67.